The average Bonchev–Trinajstić information content (AvgIpc) is 2.70. The minimum absolute atomic E-state index is 0.0411. The first-order valence-corrected chi connectivity index (χ1v) is 9.10. The first-order chi connectivity index (χ1) is 13.5. The van der Waals surface area contributed by atoms with Crippen molar-refractivity contribution in [3.05, 3.63) is 87.2 Å². The van der Waals surface area contributed by atoms with Crippen molar-refractivity contribution in [3.63, 3.8) is 0 Å². The monoisotopic (exact) mass is 440 g/mol. The van der Waals surface area contributed by atoms with E-state index in [9.17, 15) is 20.0 Å². The summed E-state index contributed by atoms with van der Waals surface area (Å²) in [5, 5.41) is 22.4. The number of halogens is 1. The molecule has 0 bridgehead atoms. The number of esters is 1. The van der Waals surface area contributed by atoms with Gasteiger partial charge in [-0.2, -0.15) is 5.26 Å². The highest BCUT2D eigenvalue weighted by molar-refractivity contribution is 9.10. The normalized spacial score (nSPS) is 11.8. The lowest BCUT2D eigenvalue weighted by molar-refractivity contribution is -0.138. The molecule has 2 aromatic rings. The summed E-state index contributed by atoms with van der Waals surface area (Å²) in [7, 11) is 0. The zero-order valence-corrected chi connectivity index (χ0v) is 16.6. The fourth-order valence-corrected chi connectivity index (χ4v) is 2.47. The predicted octanol–water partition coefficient (Wildman–Crippen LogP) is 4.12. The van der Waals surface area contributed by atoms with Gasteiger partial charge in [0.15, 0.2) is 11.3 Å². The van der Waals surface area contributed by atoms with Crippen LogP contribution in [0.25, 0.3) is 6.08 Å². The molecule has 0 unspecified atom stereocenters. The summed E-state index contributed by atoms with van der Waals surface area (Å²) >= 11 is 3.33. The first kappa shape index (κ1) is 20.9. The van der Waals surface area contributed by atoms with Gasteiger partial charge in [-0.15, -0.1) is 0 Å². The summed E-state index contributed by atoms with van der Waals surface area (Å²) in [6.45, 7) is 1.62. The molecule has 0 radical (unpaired) electrons. The Labute approximate surface area is 170 Å². The van der Waals surface area contributed by atoms with Crippen molar-refractivity contribution in [1.82, 2.24) is 5.32 Å². The van der Waals surface area contributed by atoms with E-state index in [0.29, 0.717) is 11.1 Å². The van der Waals surface area contributed by atoms with E-state index in [-0.39, 0.29) is 12.3 Å². The van der Waals surface area contributed by atoms with Crippen LogP contribution in [-0.4, -0.2) is 23.6 Å². The van der Waals surface area contributed by atoms with Gasteiger partial charge >= 0.3 is 5.97 Å². The number of nitriles is 1. The van der Waals surface area contributed by atoms with E-state index in [1.165, 1.54) is 6.08 Å². The van der Waals surface area contributed by atoms with Gasteiger partial charge in [-0.25, -0.2) is 4.79 Å². The second kappa shape index (κ2) is 10.1. The Kier molecular flexibility index (Phi) is 7.55. The summed E-state index contributed by atoms with van der Waals surface area (Å²) in [6, 6.07) is 17.0. The van der Waals surface area contributed by atoms with E-state index in [1.54, 1.807) is 67.6 Å². The van der Waals surface area contributed by atoms with Gasteiger partial charge in [-0.3, -0.25) is 4.79 Å². The van der Waals surface area contributed by atoms with Crippen LogP contribution in [0.15, 0.2) is 76.1 Å². The van der Waals surface area contributed by atoms with Crippen LogP contribution in [0, 0.1) is 11.3 Å². The number of nitrogens with zero attached hydrogens (tertiary/aromatic N) is 1. The summed E-state index contributed by atoms with van der Waals surface area (Å²) in [5.41, 5.74) is 0.297. The molecule has 0 aromatic heterocycles. The number of carbonyl (C=O) groups excluding carboxylic acids is 2. The van der Waals surface area contributed by atoms with Gasteiger partial charge in [-0.05, 0) is 42.8 Å². The standard InChI is InChI=1S/C21H17BrN2O4/c1-2-28-21(27)17(13-23)19(25)18(12-14-8-10-16(22)11-9-14)24-20(26)15-6-4-3-5-7-15/h3-12,25H,2H2,1H3,(H,24,26)/b18-12?,19-17-. The molecular weight excluding hydrogens is 424 g/mol. The van der Waals surface area contributed by atoms with Crippen molar-refractivity contribution >= 4 is 33.9 Å². The van der Waals surface area contributed by atoms with Crippen LogP contribution in [0.2, 0.25) is 0 Å². The number of hydrogen-bond acceptors (Lipinski definition) is 5. The van der Waals surface area contributed by atoms with Gasteiger partial charge in [0.25, 0.3) is 5.91 Å². The van der Waals surface area contributed by atoms with Gasteiger partial charge in [0, 0.05) is 10.0 Å². The number of rotatable bonds is 6. The zero-order valence-electron chi connectivity index (χ0n) is 15.0. The van der Waals surface area contributed by atoms with Gasteiger partial charge in [0.1, 0.15) is 6.07 Å². The Hall–Kier alpha value is -3.37. The molecule has 7 heteroatoms. The molecule has 0 fully saturated rings. The van der Waals surface area contributed by atoms with Crippen molar-refractivity contribution in [2.45, 2.75) is 6.92 Å². The van der Waals surface area contributed by atoms with Crippen molar-refractivity contribution < 1.29 is 19.4 Å². The molecule has 6 nitrogen and oxygen atoms in total. The molecule has 0 heterocycles. The lowest BCUT2D eigenvalue weighted by atomic mass is 10.1. The molecule has 0 saturated carbocycles. The number of benzene rings is 2. The number of aliphatic hydroxyl groups excluding tert-OH is 1. The highest BCUT2D eigenvalue weighted by atomic mass is 79.9. The maximum absolute atomic E-state index is 12.5. The average molecular weight is 441 g/mol. The van der Waals surface area contributed by atoms with E-state index in [0.717, 1.165) is 4.47 Å². The Morgan fingerprint density at radius 3 is 2.39 bits per heavy atom. The number of nitrogens with one attached hydrogen (secondary N) is 1. The van der Waals surface area contributed by atoms with Crippen molar-refractivity contribution in [3.8, 4) is 6.07 Å². The SMILES string of the molecule is CCOC(=O)/C(C#N)=C(\O)C(=Cc1ccc(Br)cc1)NC(=O)c1ccccc1. The van der Waals surface area contributed by atoms with Crippen LogP contribution >= 0.6 is 15.9 Å². The van der Waals surface area contributed by atoms with Crippen molar-refractivity contribution in [1.29, 1.82) is 5.26 Å². The van der Waals surface area contributed by atoms with E-state index in [4.69, 9.17) is 4.74 Å². The van der Waals surface area contributed by atoms with Crippen LogP contribution in [0.1, 0.15) is 22.8 Å². The zero-order chi connectivity index (χ0) is 20.5. The third-order valence-electron chi connectivity index (χ3n) is 3.55. The molecule has 0 aliphatic rings. The quantitative estimate of drug-likeness (QED) is 0.231. The predicted molar refractivity (Wildman–Crippen MR) is 108 cm³/mol. The molecule has 2 N–H and O–H groups in total. The second-order valence-corrected chi connectivity index (χ2v) is 6.40. The van der Waals surface area contributed by atoms with Crippen molar-refractivity contribution in [2.75, 3.05) is 6.61 Å². The fourth-order valence-electron chi connectivity index (χ4n) is 2.21. The van der Waals surface area contributed by atoms with E-state index < -0.39 is 23.2 Å². The second-order valence-electron chi connectivity index (χ2n) is 5.49. The molecule has 28 heavy (non-hydrogen) atoms. The lowest BCUT2D eigenvalue weighted by Crippen LogP contribution is -2.25. The fraction of sp³-hybridized carbons (Fsp3) is 0.0952. The maximum atomic E-state index is 12.5. The first-order valence-electron chi connectivity index (χ1n) is 8.30. The van der Waals surface area contributed by atoms with Crippen LogP contribution in [0.4, 0.5) is 0 Å². The Balaban J connectivity index is 2.49. The smallest absolute Gasteiger partial charge is 0.352 e. The van der Waals surface area contributed by atoms with Gasteiger partial charge < -0.3 is 15.2 Å². The van der Waals surface area contributed by atoms with Crippen molar-refractivity contribution in [2.24, 2.45) is 0 Å². The van der Waals surface area contributed by atoms with E-state index >= 15 is 0 Å². The molecule has 0 saturated heterocycles. The van der Waals surface area contributed by atoms with Crippen LogP contribution in [-0.2, 0) is 9.53 Å². The minimum Gasteiger partial charge on any atom is -0.504 e. The highest BCUT2D eigenvalue weighted by Crippen LogP contribution is 2.18. The van der Waals surface area contributed by atoms with Gasteiger partial charge in [-0.1, -0.05) is 46.3 Å². The summed E-state index contributed by atoms with van der Waals surface area (Å²) in [4.78, 5) is 24.5. The maximum Gasteiger partial charge on any atom is 0.352 e. The van der Waals surface area contributed by atoms with Crippen LogP contribution < -0.4 is 5.32 Å². The molecule has 2 aromatic carbocycles. The third kappa shape index (κ3) is 5.56. The van der Waals surface area contributed by atoms with Gasteiger partial charge in [0.05, 0.1) is 12.3 Å². The van der Waals surface area contributed by atoms with Gasteiger partial charge in [0.2, 0.25) is 0 Å². The number of hydrogen-bond donors (Lipinski definition) is 2. The van der Waals surface area contributed by atoms with E-state index in [1.807, 2.05) is 0 Å². The molecule has 2 rings (SSSR count). The molecule has 0 spiro atoms. The summed E-state index contributed by atoms with van der Waals surface area (Å²) in [6.07, 6.45) is 1.46. The Bertz CT molecular complexity index is 958. The Morgan fingerprint density at radius 2 is 1.82 bits per heavy atom. The molecule has 0 aliphatic carbocycles. The molecule has 1 amide bonds. The summed E-state index contributed by atoms with van der Waals surface area (Å²) < 4.78 is 5.65. The number of amides is 1. The number of aliphatic hydroxyl groups is 1. The van der Waals surface area contributed by atoms with E-state index in [2.05, 4.69) is 21.2 Å². The third-order valence-corrected chi connectivity index (χ3v) is 4.08. The molecule has 142 valence electrons. The topological polar surface area (TPSA) is 99.4 Å². The molecule has 0 atom stereocenters. The highest BCUT2D eigenvalue weighted by Gasteiger charge is 2.21. The number of ether oxygens (including phenoxy) is 1. The van der Waals surface area contributed by atoms with Crippen LogP contribution in [0.3, 0.4) is 0 Å². The van der Waals surface area contributed by atoms with Crippen LogP contribution in [0.5, 0.6) is 0 Å². The lowest BCUT2D eigenvalue weighted by Gasteiger charge is -2.11. The minimum atomic E-state index is -0.974. The molecule has 0 aliphatic heterocycles. The largest absolute Gasteiger partial charge is 0.504 e. The molecular formula is C21H17BrN2O4. The Morgan fingerprint density at radius 1 is 1.18 bits per heavy atom. The number of carbonyl (C=O) groups is 2. The summed E-state index contributed by atoms with van der Waals surface area (Å²) in [5.74, 6) is -2.15.